The predicted molar refractivity (Wildman–Crippen MR) is 80.4 cm³/mol. The molecule has 0 aromatic heterocycles. The van der Waals surface area contributed by atoms with Crippen LogP contribution in [-0.2, 0) is 4.74 Å². The van der Waals surface area contributed by atoms with Gasteiger partial charge in [-0.1, -0.05) is 6.92 Å². The van der Waals surface area contributed by atoms with Crippen molar-refractivity contribution in [1.29, 1.82) is 0 Å². The van der Waals surface area contributed by atoms with Gasteiger partial charge >= 0.3 is 0 Å². The Morgan fingerprint density at radius 2 is 2.00 bits per heavy atom. The lowest BCUT2D eigenvalue weighted by molar-refractivity contribution is -0.0322. The summed E-state index contributed by atoms with van der Waals surface area (Å²) in [7, 11) is 1.95. The zero-order chi connectivity index (χ0) is 15.0. The summed E-state index contributed by atoms with van der Waals surface area (Å²) >= 11 is 0. The molecule has 2 saturated heterocycles. The topological polar surface area (TPSA) is 57.3 Å². The molecule has 8 unspecified atom stereocenters. The van der Waals surface area contributed by atoms with Gasteiger partial charge in [0, 0.05) is 24.6 Å². The summed E-state index contributed by atoms with van der Waals surface area (Å²) in [4.78, 5) is 0. The van der Waals surface area contributed by atoms with Crippen LogP contribution in [-0.4, -0.2) is 50.5 Å². The zero-order valence-corrected chi connectivity index (χ0v) is 13.2. The second-order valence-electron chi connectivity index (χ2n) is 6.94. The molecule has 122 valence electrons. The molecule has 0 radical (unpaired) electrons. The Kier molecular flexibility index (Phi) is 4.81. The Balaban J connectivity index is 1.61. The van der Waals surface area contributed by atoms with Crippen molar-refractivity contribution >= 4 is 0 Å². The van der Waals surface area contributed by atoms with Gasteiger partial charge in [0.1, 0.15) is 12.5 Å². The van der Waals surface area contributed by atoms with Crippen molar-refractivity contribution in [3.63, 3.8) is 0 Å². The van der Waals surface area contributed by atoms with Gasteiger partial charge in [0.25, 0.3) is 0 Å². The van der Waals surface area contributed by atoms with Crippen molar-refractivity contribution in [3.05, 3.63) is 0 Å². The van der Waals surface area contributed by atoms with Crippen molar-refractivity contribution in [2.24, 2.45) is 11.8 Å². The van der Waals surface area contributed by atoms with E-state index >= 15 is 0 Å². The molecule has 5 nitrogen and oxygen atoms in total. The van der Waals surface area contributed by atoms with E-state index in [1.54, 1.807) is 0 Å². The number of halogens is 1. The Morgan fingerprint density at radius 3 is 2.76 bits per heavy atom. The maximum Gasteiger partial charge on any atom is 0.120 e. The number of rotatable bonds is 3. The average molecular weight is 300 g/mol. The van der Waals surface area contributed by atoms with Crippen molar-refractivity contribution in [3.8, 4) is 0 Å². The van der Waals surface area contributed by atoms with Crippen LogP contribution in [0.5, 0.6) is 0 Å². The summed E-state index contributed by atoms with van der Waals surface area (Å²) in [6, 6.07) is 0.304. The van der Waals surface area contributed by atoms with Crippen molar-refractivity contribution in [2.45, 2.75) is 69.9 Å². The number of hydrogen-bond donors (Lipinski definition) is 4. The smallest absolute Gasteiger partial charge is 0.120 e. The van der Waals surface area contributed by atoms with Crippen LogP contribution < -0.4 is 21.3 Å². The molecule has 0 aromatic rings. The van der Waals surface area contributed by atoms with Crippen LogP contribution >= 0.6 is 0 Å². The monoisotopic (exact) mass is 300 g/mol. The first kappa shape index (κ1) is 15.6. The highest BCUT2D eigenvalue weighted by Crippen LogP contribution is 2.39. The zero-order valence-electron chi connectivity index (χ0n) is 13.2. The molecule has 3 aliphatic rings. The molecule has 0 spiro atoms. The fourth-order valence-corrected chi connectivity index (χ4v) is 4.19. The highest BCUT2D eigenvalue weighted by atomic mass is 19.1. The largest absolute Gasteiger partial charge is 0.378 e. The summed E-state index contributed by atoms with van der Waals surface area (Å²) in [5, 5.41) is 13.6. The van der Waals surface area contributed by atoms with Crippen LogP contribution in [0.25, 0.3) is 0 Å². The van der Waals surface area contributed by atoms with Crippen LogP contribution in [0.4, 0.5) is 4.39 Å². The molecule has 0 aromatic carbocycles. The summed E-state index contributed by atoms with van der Waals surface area (Å²) in [5.74, 6) is 0.482. The molecule has 3 rings (SSSR count). The van der Waals surface area contributed by atoms with E-state index < -0.39 is 6.17 Å². The summed E-state index contributed by atoms with van der Waals surface area (Å²) < 4.78 is 20.4. The minimum absolute atomic E-state index is 0.0233. The van der Waals surface area contributed by atoms with E-state index in [0.29, 0.717) is 12.0 Å². The number of fused-ring (bicyclic) bond motifs is 1. The summed E-state index contributed by atoms with van der Waals surface area (Å²) in [6.45, 7) is 4.94. The minimum atomic E-state index is -0.849. The first-order valence-electron chi connectivity index (χ1n) is 8.29. The first-order valence-corrected chi connectivity index (χ1v) is 8.29. The van der Waals surface area contributed by atoms with E-state index in [1.165, 1.54) is 0 Å². The van der Waals surface area contributed by atoms with Gasteiger partial charge in [-0.3, -0.25) is 16.0 Å². The summed E-state index contributed by atoms with van der Waals surface area (Å²) in [5.41, 5.74) is 0. The molecular formula is C15H29FN4O. The molecule has 0 amide bonds. The van der Waals surface area contributed by atoms with E-state index in [0.717, 1.165) is 25.9 Å². The summed E-state index contributed by atoms with van der Waals surface area (Å²) in [6.07, 6.45) is 2.46. The van der Waals surface area contributed by atoms with Crippen molar-refractivity contribution < 1.29 is 9.13 Å². The Hall–Kier alpha value is -0.270. The van der Waals surface area contributed by atoms with Gasteiger partial charge in [-0.05, 0) is 39.2 Å². The molecule has 1 saturated carbocycles. The van der Waals surface area contributed by atoms with Gasteiger partial charge in [0.2, 0.25) is 0 Å². The molecule has 2 heterocycles. The third kappa shape index (κ3) is 3.24. The molecule has 21 heavy (non-hydrogen) atoms. The Morgan fingerprint density at radius 1 is 1.19 bits per heavy atom. The number of nitrogens with one attached hydrogen (secondary N) is 4. The Bertz CT molecular complexity index is 359. The number of hydrogen-bond acceptors (Lipinski definition) is 5. The van der Waals surface area contributed by atoms with E-state index in [2.05, 4.69) is 28.2 Å². The van der Waals surface area contributed by atoms with Crippen LogP contribution in [0.2, 0.25) is 0 Å². The van der Waals surface area contributed by atoms with E-state index in [9.17, 15) is 4.39 Å². The highest BCUT2D eigenvalue weighted by Gasteiger charge is 2.46. The van der Waals surface area contributed by atoms with Gasteiger partial charge in [-0.2, -0.15) is 0 Å². The lowest BCUT2D eigenvalue weighted by Gasteiger charge is -2.43. The van der Waals surface area contributed by atoms with E-state index in [-0.39, 0.29) is 30.5 Å². The lowest BCUT2D eigenvalue weighted by atomic mass is 9.75. The van der Waals surface area contributed by atoms with Crippen LogP contribution in [0.1, 0.15) is 33.1 Å². The van der Waals surface area contributed by atoms with E-state index in [4.69, 9.17) is 4.74 Å². The first-order chi connectivity index (χ1) is 10.1. The fourth-order valence-electron chi connectivity index (χ4n) is 4.19. The predicted octanol–water partition coefficient (Wildman–Crippen LogP) is 0.528. The van der Waals surface area contributed by atoms with Gasteiger partial charge < -0.3 is 10.1 Å². The third-order valence-electron chi connectivity index (χ3n) is 5.36. The quantitative estimate of drug-likeness (QED) is 0.612. The SMILES string of the molecule is CNC1CC(C)NC(NC2CC3CCOC3C(C)C2F)N1. The van der Waals surface area contributed by atoms with Crippen LogP contribution in [0.3, 0.4) is 0 Å². The van der Waals surface area contributed by atoms with Crippen molar-refractivity contribution in [1.82, 2.24) is 21.3 Å². The Labute approximate surface area is 126 Å². The van der Waals surface area contributed by atoms with E-state index in [1.807, 2.05) is 14.0 Å². The molecule has 4 N–H and O–H groups in total. The second-order valence-corrected chi connectivity index (χ2v) is 6.94. The van der Waals surface area contributed by atoms with Gasteiger partial charge in [-0.15, -0.1) is 0 Å². The maximum absolute atomic E-state index is 14.7. The van der Waals surface area contributed by atoms with Gasteiger partial charge in [0.05, 0.1) is 12.3 Å². The molecular weight excluding hydrogens is 271 g/mol. The normalized spacial score (nSPS) is 50.9. The minimum Gasteiger partial charge on any atom is -0.378 e. The molecule has 6 heteroatoms. The standard InChI is InChI=1S/C15H29FN4O/c1-8-6-12(17-3)20-15(18-8)19-11-7-10-4-5-21-14(10)9(2)13(11)16/h8-15,17-20H,4-7H2,1-3H3. The fraction of sp³-hybridized carbons (Fsp3) is 1.00. The van der Waals surface area contributed by atoms with Crippen molar-refractivity contribution in [2.75, 3.05) is 13.7 Å². The van der Waals surface area contributed by atoms with Gasteiger partial charge in [0.15, 0.2) is 0 Å². The lowest BCUT2D eigenvalue weighted by Crippen LogP contribution is -2.69. The maximum atomic E-state index is 14.7. The van der Waals surface area contributed by atoms with Crippen LogP contribution in [0, 0.1) is 11.8 Å². The number of alkyl halides is 1. The second kappa shape index (κ2) is 6.46. The number of ether oxygens (including phenoxy) is 1. The van der Waals surface area contributed by atoms with Gasteiger partial charge in [-0.25, -0.2) is 4.39 Å². The molecule has 1 aliphatic carbocycles. The molecule has 2 aliphatic heterocycles. The third-order valence-corrected chi connectivity index (χ3v) is 5.36. The van der Waals surface area contributed by atoms with Crippen LogP contribution in [0.15, 0.2) is 0 Å². The molecule has 8 atom stereocenters. The molecule has 3 fully saturated rings. The average Bonchev–Trinajstić information content (AvgIpc) is 2.92. The molecule has 0 bridgehead atoms. The highest BCUT2D eigenvalue weighted by molar-refractivity contribution is 4.98.